The molecule has 0 radical (unpaired) electrons. The summed E-state index contributed by atoms with van der Waals surface area (Å²) in [6.45, 7) is 3.79. The normalized spacial score (nSPS) is 18.5. The average Bonchev–Trinajstić information content (AvgIpc) is 2.73. The number of fused-ring (bicyclic) bond motifs is 1. The van der Waals surface area contributed by atoms with E-state index in [1.54, 1.807) is 37.3 Å². The van der Waals surface area contributed by atoms with E-state index in [0.717, 1.165) is 11.1 Å². The third-order valence-corrected chi connectivity index (χ3v) is 6.60. The minimum Gasteiger partial charge on any atom is -0.496 e. The zero-order valence-electron chi connectivity index (χ0n) is 14.5. The van der Waals surface area contributed by atoms with Crippen molar-refractivity contribution in [3.63, 3.8) is 0 Å². The second-order valence-corrected chi connectivity index (χ2v) is 8.10. The number of ether oxygens (including phenoxy) is 1. The maximum Gasteiger partial charge on any atom is 0.243 e. The maximum atomic E-state index is 13.1. The highest BCUT2D eigenvalue weighted by atomic mass is 32.2. The van der Waals surface area contributed by atoms with Gasteiger partial charge in [-0.05, 0) is 44.0 Å². The Morgan fingerprint density at radius 2 is 1.80 bits per heavy atom. The molecule has 0 amide bonds. The van der Waals surface area contributed by atoms with Crippen LogP contribution in [0.3, 0.4) is 0 Å². The van der Waals surface area contributed by atoms with Crippen LogP contribution in [0.5, 0.6) is 5.75 Å². The summed E-state index contributed by atoms with van der Waals surface area (Å²) in [6, 6.07) is 11.3. The molecule has 1 aliphatic rings. The van der Waals surface area contributed by atoms with Crippen LogP contribution >= 0.6 is 0 Å². The van der Waals surface area contributed by atoms with Crippen molar-refractivity contribution < 1.29 is 17.9 Å². The van der Waals surface area contributed by atoms with Gasteiger partial charge < -0.3 is 4.74 Å². The molecule has 0 spiro atoms. The van der Waals surface area contributed by atoms with E-state index in [2.05, 4.69) is 0 Å². The zero-order chi connectivity index (χ0) is 18.2. The van der Waals surface area contributed by atoms with Crippen molar-refractivity contribution in [1.29, 1.82) is 0 Å². The van der Waals surface area contributed by atoms with Crippen molar-refractivity contribution >= 4 is 15.8 Å². The molecule has 2 aromatic rings. The number of ketones is 1. The third kappa shape index (κ3) is 3.07. The summed E-state index contributed by atoms with van der Waals surface area (Å²) in [5, 5.41) is 0. The molecule has 0 N–H and O–H groups in total. The fraction of sp³-hybridized carbons (Fsp3) is 0.316. The molecule has 1 aliphatic heterocycles. The summed E-state index contributed by atoms with van der Waals surface area (Å²) in [5.41, 5.74) is 2.29. The van der Waals surface area contributed by atoms with Gasteiger partial charge in [0.15, 0.2) is 5.78 Å². The van der Waals surface area contributed by atoms with Gasteiger partial charge >= 0.3 is 0 Å². The van der Waals surface area contributed by atoms with E-state index in [1.165, 1.54) is 11.4 Å². The van der Waals surface area contributed by atoms with Crippen molar-refractivity contribution in [3.05, 3.63) is 59.2 Å². The van der Waals surface area contributed by atoms with E-state index >= 15 is 0 Å². The van der Waals surface area contributed by atoms with Crippen molar-refractivity contribution in [3.8, 4) is 5.75 Å². The number of hydrogen-bond acceptors (Lipinski definition) is 4. The molecule has 0 saturated carbocycles. The van der Waals surface area contributed by atoms with Gasteiger partial charge in [0.05, 0.1) is 23.6 Å². The van der Waals surface area contributed by atoms with E-state index in [1.807, 2.05) is 19.1 Å². The molecule has 0 fully saturated rings. The number of benzene rings is 2. The van der Waals surface area contributed by atoms with Crippen LogP contribution in [0.25, 0.3) is 0 Å². The second kappa shape index (κ2) is 6.61. The van der Waals surface area contributed by atoms with Crippen molar-refractivity contribution in [2.45, 2.75) is 31.2 Å². The lowest BCUT2D eigenvalue weighted by Gasteiger charge is -2.25. The van der Waals surface area contributed by atoms with Crippen LogP contribution in [0.2, 0.25) is 0 Å². The van der Waals surface area contributed by atoms with Gasteiger partial charge in [-0.1, -0.05) is 29.8 Å². The number of methoxy groups -OCH3 is 1. The molecular formula is C19H21NO4S. The number of nitrogens with zero attached hydrogens (tertiary/aromatic N) is 1. The van der Waals surface area contributed by atoms with Gasteiger partial charge in [0.25, 0.3) is 0 Å². The Morgan fingerprint density at radius 3 is 2.44 bits per heavy atom. The minimum absolute atomic E-state index is 0.204. The highest BCUT2D eigenvalue weighted by Crippen LogP contribution is 2.30. The van der Waals surface area contributed by atoms with Gasteiger partial charge in [0, 0.05) is 6.54 Å². The molecule has 132 valence electrons. The molecule has 6 heteroatoms. The number of sulfonamides is 1. The van der Waals surface area contributed by atoms with Gasteiger partial charge in [-0.15, -0.1) is 0 Å². The fourth-order valence-corrected chi connectivity index (χ4v) is 4.77. The highest BCUT2D eigenvalue weighted by Gasteiger charge is 2.37. The van der Waals surface area contributed by atoms with E-state index in [0.29, 0.717) is 17.7 Å². The van der Waals surface area contributed by atoms with Gasteiger partial charge in [-0.25, -0.2) is 8.42 Å². The molecular weight excluding hydrogens is 338 g/mol. The molecule has 1 unspecified atom stereocenters. The van der Waals surface area contributed by atoms with Crippen LogP contribution in [0.15, 0.2) is 47.4 Å². The number of hydrogen-bond donors (Lipinski definition) is 0. The van der Waals surface area contributed by atoms with Crippen LogP contribution < -0.4 is 4.74 Å². The van der Waals surface area contributed by atoms with E-state index in [-0.39, 0.29) is 17.2 Å². The topological polar surface area (TPSA) is 63.7 Å². The first kappa shape index (κ1) is 17.6. The van der Waals surface area contributed by atoms with Crippen LogP contribution in [-0.4, -0.2) is 38.2 Å². The highest BCUT2D eigenvalue weighted by molar-refractivity contribution is 7.89. The predicted octanol–water partition coefficient (Wildman–Crippen LogP) is 2.82. The lowest BCUT2D eigenvalue weighted by Crippen LogP contribution is -2.42. The summed E-state index contributed by atoms with van der Waals surface area (Å²) in [6.07, 6.45) is 0.466. The van der Waals surface area contributed by atoms with Crippen molar-refractivity contribution in [1.82, 2.24) is 4.31 Å². The monoisotopic (exact) mass is 359 g/mol. The van der Waals surface area contributed by atoms with Gasteiger partial charge in [0.1, 0.15) is 5.75 Å². The molecule has 0 aliphatic carbocycles. The van der Waals surface area contributed by atoms with Crippen LogP contribution in [0.1, 0.15) is 28.4 Å². The Labute approximate surface area is 148 Å². The first-order chi connectivity index (χ1) is 11.9. The molecule has 25 heavy (non-hydrogen) atoms. The average molecular weight is 359 g/mol. The number of rotatable bonds is 3. The Balaban J connectivity index is 2.04. The zero-order valence-corrected chi connectivity index (χ0v) is 15.3. The number of aryl methyl sites for hydroxylation is 1. The van der Waals surface area contributed by atoms with Crippen LogP contribution in [-0.2, 0) is 16.4 Å². The first-order valence-corrected chi connectivity index (χ1v) is 9.59. The van der Waals surface area contributed by atoms with E-state index in [4.69, 9.17) is 4.74 Å². The molecule has 5 nitrogen and oxygen atoms in total. The lowest BCUT2D eigenvalue weighted by molar-refractivity contribution is 0.0912. The summed E-state index contributed by atoms with van der Waals surface area (Å²) in [5.74, 6) is 0.254. The fourth-order valence-electron chi connectivity index (χ4n) is 3.17. The first-order valence-electron chi connectivity index (χ1n) is 8.15. The number of carbonyl (C=O) groups excluding carboxylic acids is 1. The molecule has 3 rings (SSSR count). The summed E-state index contributed by atoms with van der Waals surface area (Å²) in [4.78, 5) is 13.2. The third-order valence-electron chi connectivity index (χ3n) is 4.62. The van der Waals surface area contributed by atoms with E-state index < -0.39 is 16.1 Å². The minimum atomic E-state index is -3.75. The van der Waals surface area contributed by atoms with Gasteiger partial charge in [-0.2, -0.15) is 4.31 Å². The Bertz CT molecular complexity index is 904. The standard InChI is InChI=1S/C19H21NO4S/c1-13-7-9-16(10-8-13)25(22,23)20-12-11-15-5-4-6-17(24-3)18(15)19(21)14(20)2/h4-10,14H,11-12H2,1-3H3. The Morgan fingerprint density at radius 1 is 1.12 bits per heavy atom. The summed E-state index contributed by atoms with van der Waals surface area (Å²) in [7, 11) is -2.24. The van der Waals surface area contributed by atoms with Gasteiger partial charge in [0.2, 0.25) is 10.0 Å². The van der Waals surface area contributed by atoms with Crippen molar-refractivity contribution in [2.24, 2.45) is 0 Å². The molecule has 1 heterocycles. The van der Waals surface area contributed by atoms with Crippen LogP contribution in [0, 0.1) is 6.92 Å². The molecule has 2 aromatic carbocycles. The summed E-state index contributed by atoms with van der Waals surface area (Å²) >= 11 is 0. The van der Waals surface area contributed by atoms with E-state index in [9.17, 15) is 13.2 Å². The largest absolute Gasteiger partial charge is 0.496 e. The Kier molecular flexibility index (Phi) is 4.67. The maximum absolute atomic E-state index is 13.1. The number of carbonyl (C=O) groups is 1. The SMILES string of the molecule is COc1cccc2c1C(=O)C(C)N(S(=O)(=O)c1ccc(C)cc1)CC2. The van der Waals surface area contributed by atoms with Crippen LogP contribution in [0.4, 0.5) is 0 Å². The lowest BCUT2D eigenvalue weighted by atomic mass is 9.98. The predicted molar refractivity (Wildman–Crippen MR) is 95.6 cm³/mol. The summed E-state index contributed by atoms with van der Waals surface area (Å²) < 4.78 is 32.7. The molecule has 0 aromatic heterocycles. The van der Waals surface area contributed by atoms with Gasteiger partial charge in [-0.3, -0.25) is 4.79 Å². The second-order valence-electron chi connectivity index (χ2n) is 6.21. The Hall–Kier alpha value is -2.18. The van der Waals surface area contributed by atoms with Crippen molar-refractivity contribution in [2.75, 3.05) is 13.7 Å². The molecule has 0 bridgehead atoms. The molecule has 1 atom stereocenters. The smallest absolute Gasteiger partial charge is 0.243 e. The quantitative estimate of drug-likeness (QED) is 0.845. The molecule has 0 saturated heterocycles. The number of Topliss-reactive ketones (excluding diaryl/α,β-unsaturated/α-hetero) is 1.